The number of nitrogens with one attached hydrogen (secondary N) is 1. The highest BCUT2D eigenvalue weighted by atomic mass is 35.5. The molecule has 1 aliphatic heterocycles. The van der Waals surface area contributed by atoms with E-state index >= 15 is 0 Å². The first-order valence-corrected chi connectivity index (χ1v) is 9.05. The Hall–Kier alpha value is -1.55. The van der Waals surface area contributed by atoms with E-state index in [-0.39, 0.29) is 6.04 Å². The van der Waals surface area contributed by atoms with Gasteiger partial charge in [0.1, 0.15) is 0 Å². The maximum Gasteiger partial charge on any atom is 0.0963 e. The van der Waals surface area contributed by atoms with Gasteiger partial charge in [0.25, 0.3) is 0 Å². The molecule has 2 atom stereocenters. The third-order valence-electron chi connectivity index (χ3n) is 4.76. The summed E-state index contributed by atoms with van der Waals surface area (Å²) in [7, 11) is 0. The normalized spacial score (nSPS) is 20.8. The van der Waals surface area contributed by atoms with E-state index in [4.69, 9.17) is 11.6 Å². The number of benzene rings is 1. The van der Waals surface area contributed by atoms with Crippen LogP contribution in [-0.4, -0.2) is 22.3 Å². The maximum absolute atomic E-state index is 11.0. The number of hydrogen-bond acceptors (Lipinski definition) is 2. The Balaban J connectivity index is 2.11. The van der Waals surface area contributed by atoms with Gasteiger partial charge in [0, 0.05) is 33.9 Å². The molecule has 1 aliphatic rings. The van der Waals surface area contributed by atoms with Crippen molar-refractivity contribution in [3.05, 3.63) is 53.2 Å². The van der Waals surface area contributed by atoms with E-state index in [1.165, 1.54) is 6.42 Å². The molecule has 0 spiro atoms. The van der Waals surface area contributed by atoms with E-state index < -0.39 is 6.10 Å². The van der Waals surface area contributed by atoms with Gasteiger partial charge in [0.2, 0.25) is 0 Å². The number of halogens is 1. The van der Waals surface area contributed by atoms with E-state index in [9.17, 15) is 5.11 Å². The van der Waals surface area contributed by atoms with Crippen LogP contribution in [0.25, 0.3) is 16.6 Å². The van der Waals surface area contributed by atoms with Crippen LogP contribution in [0.2, 0.25) is 5.02 Å². The highest BCUT2D eigenvalue weighted by molar-refractivity contribution is 6.31. The average molecular weight is 345 g/mol. The minimum Gasteiger partial charge on any atom is -0.387 e. The van der Waals surface area contributed by atoms with Crippen LogP contribution in [0.5, 0.6) is 0 Å². The van der Waals surface area contributed by atoms with Crippen LogP contribution in [0, 0.1) is 0 Å². The van der Waals surface area contributed by atoms with Crippen LogP contribution in [0.15, 0.2) is 42.6 Å². The van der Waals surface area contributed by atoms with Gasteiger partial charge in [-0.2, -0.15) is 0 Å². The summed E-state index contributed by atoms with van der Waals surface area (Å²) in [4.78, 5) is 0. The zero-order valence-electron chi connectivity index (χ0n) is 14.3. The van der Waals surface area contributed by atoms with Crippen LogP contribution in [-0.2, 0) is 0 Å². The first-order valence-electron chi connectivity index (χ1n) is 8.67. The largest absolute Gasteiger partial charge is 0.387 e. The van der Waals surface area contributed by atoms with E-state index in [0.29, 0.717) is 5.02 Å². The highest BCUT2D eigenvalue weighted by Gasteiger charge is 2.26. The van der Waals surface area contributed by atoms with Gasteiger partial charge in [-0.05, 0) is 57.5 Å². The Morgan fingerprint density at radius 1 is 1.38 bits per heavy atom. The Morgan fingerprint density at radius 3 is 2.88 bits per heavy atom. The van der Waals surface area contributed by atoms with E-state index in [2.05, 4.69) is 28.2 Å². The Morgan fingerprint density at radius 2 is 2.21 bits per heavy atom. The molecular weight excluding hydrogens is 320 g/mol. The Labute approximate surface area is 148 Å². The third kappa shape index (κ3) is 3.30. The molecule has 4 heteroatoms. The summed E-state index contributed by atoms with van der Waals surface area (Å²) in [6.45, 7) is 5.00. The molecule has 0 saturated carbocycles. The molecule has 24 heavy (non-hydrogen) atoms. The minimum atomic E-state index is -0.531. The van der Waals surface area contributed by atoms with Crippen molar-refractivity contribution in [1.29, 1.82) is 0 Å². The summed E-state index contributed by atoms with van der Waals surface area (Å²) < 4.78 is 2.13. The maximum atomic E-state index is 11.0. The van der Waals surface area contributed by atoms with Crippen LogP contribution in [0.3, 0.4) is 0 Å². The third-order valence-corrected chi connectivity index (χ3v) is 4.99. The standard InChI is InChI=1S/C20H25ClN2O/c1-3-7-15(4-2)23-13-17(16-12-14(21)9-10-19(16)23)20(24)18-8-5-6-11-22-18/h3-4,7,9-10,12-13,18,20,22,24H,5-6,8,11H2,1-2H3/b7-3-,15-4+. The first-order chi connectivity index (χ1) is 11.7. The first kappa shape index (κ1) is 17.3. The fourth-order valence-corrected chi connectivity index (χ4v) is 3.70. The number of aromatic nitrogens is 1. The summed E-state index contributed by atoms with van der Waals surface area (Å²) in [6, 6.07) is 5.98. The number of nitrogens with zero attached hydrogens (tertiary/aromatic N) is 1. The monoisotopic (exact) mass is 344 g/mol. The predicted molar refractivity (Wildman–Crippen MR) is 102 cm³/mol. The van der Waals surface area contributed by atoms with Gasteiger partial charge >= 0.3 is 0 Å². The fourth-order valence-electron chi connectivity index (χ4n) is 3.53. The zero-order chi connectivity index (χ0) is 17.1. The molecule has 2 aromatic rings. The number of aliphatic hydroxyl groups excluding tert-OH is 1. The predicted octanol–water partition coefficient (Wildman–Crippen LogP) is 4.91. The second-order valence-electron chi connectivity index (χ2n) is 6.33. The molecule has 3 nitrogen and oxygen atoms in total. The number of rotatable bonds is 4. The van der Waals surface area contributed by atoms with Crippen molar-refractivity contribution in [2.45, 2.75) is 45.3 Å². The summed E-state index contributed by atoms with van der Waals surface area (Å²) in [5, 5.41) is 16.1. The van der Waals surface area contributed by atoms with Gasteiger partial charge in [0.05, 0.1) is 11.6 Å². The number of aliphatic hydroxyl groups is 1. The van der Waals surface area contributed by atoms with Gasteiger partial charge in [0.15, 0.2) is 0 Å². The quantitative estimate of drug-likeness (QED) is 0.773. The summed E-state index contributed by atoms with van der Waals surface area (Å²) in [6.07, 6.45) is 11.0. The molecule has 2 N–H and O–H groups in total. The number of hydrogen-bond donors (Lipinski definition) is 2. The topological polar surface area (TPSA) is 37.2 Å². The van der Waals surface area contributed by atoms with Crippen molar-refractivity contribution in [3.63, 3.8) is 0 Å². The van der Waals surface area contributed by atoms with E-state index in [1.54, 1.807) is 0 Å². The molecule has 0 radical (unpaired) electrons. The Kier molecular flexibility index (Phi) is 5.44. The van der Waals surface area contributed by atoms with Crippen molar-refractivity contribution in [2.75, 3.05) is 6.54 Å². The molecule has 1 saturated heterocycles. The van der Waals surface area contributed by atoms with Gasteiger partial charge in [-0.3, -0.25) is 0 Å². The number of allylic oxidation sites excluding steroid dienone is 4. The van der Waals surface area contributed by atoms with Crippen LogP contribution in [0.1, 0.15) is 44.8 Å². The van der Waals surface area contributed by atoms with Crippen LogP contribution < -0.4 is 5.32 Å². The molecule has 0 bridgehead atoms. The van der Waals surface area contributed by atoms with E-state index in [0.717, 1.165) is 41.5 Å². The lowest BCUT2D eigenvalue weighted by Gasteiger charge is -2.27. The molecule has 1 fully saturated rings. The Bertz CT molecular complexity index is 769. The van der Waals surface area contributed by atoms with Crippen molar-refractivity contribution < 1.29 is 5.11 Å². The summed E-state index contributed by atoms with van der Waals surface area (Å²) >= 11 is 6.23. The SMILES string of the molecule is C/C=C\C(=C/C)n1cc(C(O)C2CCCCN2)c2cc(Cl)ccc21. The van der Waals surface area contributed by atoms with Crippen LogP contribution >= 0.6 is 11.6 Å². The smallest absolute Gasteiger partial charge is 0.0963 e. The second-order valence-corrected chi connectivity index (χ2v) is 6.77. The van der Waals surface area contributed by atoms with E-state index in [1.807, 2.05) is 38.1 Å². The molecule has 1 aromatic carbocycles. The molecular formula is C20H25ClN2O. The summed E-state index contributed by atoms with van der Waals surface area (Å²) in [5.41, 5.74) is 3.09. The van der Waals surface area contributed by atoms with Gasteiger partial charge < -0.3 is 15.0 Å². The number of piperidine rings is 1. The van der Waals surface area contributed by atoms with Crippen LogP contribution in [0.4, 0.5) is 0 Å². The second kappa shape index (κ2) is 7.56. The molecule has 3 rings (SSSR count). The van der Waals surface area contributed by atoms with Crippen molar-refractivity contribution in [2.24, 2.45) is 0 Å². The van der Waals surface area contributed by atoms with Gasteiger partial charge in [-0.25, -0.2) is 0 Å². The molecule has 2 unspecified atom stereocenters. The van der Waals surface area contributed by atoms with Gasteiger partial charge in [-0.15, -0.1) is 0 Å². The molecule has 128 valence electrons. The summed E-state index contributed by atoms with van der Waals surface area (Å²) in [5.74, 6) is 0. The molecule has 1 aromatic heterocycles. The number of fused-ring (bicyclic) bond motifs is 1. The average Bonchev–Trinajstić information content (AvgIpc) is 2.98. The molecule has 2 heterocycles. The van der Waals surface area contributed by atoms with Crippen molar-refractivity contribution in [3.8, 4) is 0 Å². The lowest BCUT2D eigenvalue weighted by molar-refractivity contribution is 0.115. The fraction of sp³-hybridized carbons (Fsp3) is 0.400. The lowest BCUT2D eigenvalue weighted by atomic mass is 9.95. The highest BCUT2D eigenvalue weighted by Crippen LogP contribution is 2.34. The lowest BCUT2D eigenvalue weighted by Crippen LogP contribution is -2.38. The van der Waals surface area contributed by atoms with Crippen molar-refractivity contribution >= 4 is 28.2 Å². The molecule has 0 aliphatic carbocycles. The zero-order valence-corrected chi connectivity index (χ0v) is 15.1. The molecule has 0 amide bonds. The van der Waals surface area contributed by atoms with Gasteiger partial charge in [-0.1, -0.05) is 30.2 Å². The van der Waals surface area contributed by atoms with Crippen molar-refractivity contribution in [1.82, 2.24) is 9.88 Å². The minimum absolute atomic E-state index is 0.104.